The number of hydrogen-bond donors (Lipinski definition) is 1. The van der Waals surface area contributed by atoms with Crippen molar-refractivity contribution >= 4 is 44.7 Å². The van der Waals surface area contributed by atoms with Crippen LogP contribution in [-0.4, -0.2) is 69.3 Å². The summed E-state index contributed by atoms with van der Waals surface area (Å²) in [5.74, 6) is 0.974. The van der Waals surface area contributed by atoms with Gasteiger partial charge in [0.2, 0.25) is 5.91 Å². The van der Waals surface area contributed by atoms with Crippen molar-refractivity contribution in [2.75, 3.05) is 32.5 Å². The summed E-state index contributed by atoms with van der Waals surface area (Å²) in [6.45, 7) is 3.54. The summed E-state index contributed by atoms with van der Waals surface area (Å²) in [5, 5.41) is 4.33. The first-order chi connectivity index (χ1) is 19.3. The second kappa shape index (κ2) is 9.48. The van der Waals surface area contributed by atoms with Crippen molar-refractivity contribution < 1.29 is 9.59 Å². The lowest BCUT2D eigenvalue weighted by Gasteiger charge is -2.44. The van der Waals surface area contributed by atoms with Crippen LogP contribution in [0.5, 0.6) is 0 Å². The number of fused-ring (bicyclic) bond motifs is 5. The van der Waals surface area contributed by atoms with Gasteiger partial charge in [-0.3, -0.25) is 19.0 Å². The molecular weight excluding hydrogens is 524 g/mol. The molecule has 1 spiro atoms. The molecule has 0 bridgehead atoms. The fraction of sp³-hybridized carbons (Fsp3) is 0.567. The highest BCUT2D eigenvalue weighted by Gasteiger charge is 2.45. The monoisotopic (exact) mass is 560 g/mol. The SMILES string of the molecule is Cc1cc(Nc2ncnc3sc4c(c23)CC[C@H](C(=O)N2CC(N(C)C)C2)C4)c(=O)n2c1C(=O)CC21CCCCC1. The number of likely N-dealkylation sites (N-methyl/N-ethyl adjacent to an activating group) is 1. The fourth-order valence-electron chi connectivity index (χ4n) is 7.47. The summed E-state index contributed by atoms with van der Waals surface area (Å²) in [6.07, 6.45) is 9.27. The number of pyridine rings is 1. The van der Waals surface area contributed by atoms with Gasteiger partial charge in [-0.25, -0.2) is 9.97 Å². The number of Topliss-reactive ketones (excluding diaryl/α,β-unsaturated/α-hetero) is 1. The number of carbonyl (C=O) groups excluding carboxylic acids is 2. The molecule has 0 radical (unpaired) electrons. The summed E-state index contributed by atoms with van der Waals surface area (Å²) < 4.78 is 1.82. The van der Waals surface area contributed by atoms with E-state index in [0.717, 1.165) is 80.2 Å². The smallest absolute Gasteiger partial charge is 0.275 e. The number of carbonyl (C=O) groups is 2. The van der Waals surface area contributed by atoms with E-state index in [-0.39, 0.29) is 23.2 Å². The number of hydrogen-bond acceptors (Lipinski definition) is 8. The highest BCUT2D eigenvalue weighted by atomic mass is 32.1. The minimum Gasteiger partial charge on any atom is -0.339 e. The van der Waals surface area contributed by atoms with Crippen molar-refractivity contribution in [1.82, 2.24) is 24.3 Å². The van der Waals surface area contributed by atoms with E-state index in [1.54, 1.807) is 17.7 Å². The second-order valence-electron chi connectivity index (χ2n) is 12.4. The Morgan fingerprint density at radius 3 is 2.67 bits per heavy atom. The third kappa shape index (κ3) is 3.94. The maximum atomic E-state index is 13.9. The third-order valence-electron chi connectivity index (χ3n) is 9.76. The van der Waals surface area contributed by atoms with Gasteiger partial charge in [-0.2, -0.15) is 0 Å². The van der Waals surface area contributed by atoms with Crippen LogP contribution in [0.4, 0.5) is 11.5 Å². The van der Waals surface area contributed by atoms with Crippen LogP contribution in [-0.2, 0) is 23.2 Å². The number of amides is 1. The van der Waals surface area contributed by atoms with E-state index < -0.39 is 5.54 Å². The Labute approximate surface area is 237 Å². The Morgan fingerprint density at radius 2 is 1.93 bits per heavy atom. The first kappa shape index (κ1) is 25.8. The van der Waals surface area contributed by atoms with Gasteiger partial charge < -0.3 is 15.1 Å². The third-order valence-corrected chi connectivity index (χ3v) is 10.9. The van der Waals surface area contributed by atoms with Crippen LogP contribution >= 0.6 is 11.3 Å². The predicted molar refractivity (Wildman–Crippen MR) is 156 cm³/mol. The van der Waals surface area contributed by atoms with E-state index in [2.05, 4.69) is 34.3 Å². The average Bonchev–Trinajstić information content (AvgIpc) is 3.41. The first-order valence-corrected chi connectivity index (χ1v) is 15.4. The molecular formula is C30H36N6O3S. The summed E-state index contributed by atoms with van der Waals surface area (Å²) in [5.41, 5.74) is 2.53. The molecule has 10 heteroatoms. The predicted octanol–water partition coefficient (Wildman–Crippen LogP) is 4.03. The van der Waals surface area contributed by atoms with Crippen LogP contribution < -0.4 is 10.9 Å². The lowest BCUT2D eigenvalue weighted by atomic mass is 9.80. The van der Waals surface area contributed by atoms with Crippen molar-refractivity contribution in [1.29, 1.82) is 0 Å². The molecule has 1 N–H and O–H groups in total. The summed E-state index contributed by atoms with van der Waals surface area (Å²) in [6, 6.07) is 2.26. The number of nitrogens with zero attached hydrogens (tertiary/aromatic N) is 5. The molecule has 0 unspecified atom stereocenters. The molecule has 1 saturated carbocycles. The van der Waals surface area contributed by atoms with Crippen molar-refractivity contribution in [3.63, 3.8) is 0 Å². The molecule has 5 heterocycles. The van der Waals surface area contributed by atoms with E-state index in [1.807, 2.05) is 22.5 Å². The van der Waals surface area contributed by atoms with E-state index >= 15 is 0 Å². The van der Waals surface area contributed by atoms with Gasteiger partial charge in [-0.05, 0) is 70.3 Å². The number of aryl methyl sites for hydroxylation is 2. The quantitative estimate of drug-likeness (QED) is 0.514. The molecule has 2 aliphatic carbocycles. The van der Waals surface area contributed by atoms with E-state index in [1.165, 1.54) is 10.4 Å². The van der Waals surface area contributed by atoms with Crippen LogP contribution in [0.1, 0.15) is 71.4 Å². The second-order valence-corrected chi connectivity index (χ2v) is 13.5. The van der Waals surface area contributed by atoms with Gasteiger partial charge in [0, 0.05) is 36.3 Å². The molecule has 3 aromatic rings. The topological polar surface area (TPSA) is 100 Å². The number of rotatable bonds is 4. The maximum absolute atomic E-state index is 13.9. The lowest BCUT2D eigenvalue weighted by molar-refractivity contribution is -0.142. The standard InChI is InChI=1S/C30H36N6O3S/c1-17-11-21(29(39)36-25(17)22(37)13-30(36)9-5-4-6-10-30)33-26-24-20-8-7-18(12-23(20)40-27(24)32-16-31-26)28(38)35-14-19(15-35)34(2)3/h11,16,18-19H,4-10,12-15H2,1-3H3,(H,31,32,33)/t18-/m0/s1. The van der Waals surface area contributed by atoms with Crippen LogP contribution in [0.15, 0.2) is 17.2 Å². The van der Waals surface area contributed by atoms with Gasteiger partial charge in [-0.1, -0.05) is 19.3 Å². The molecule has 3 aromatic heterocycles. The Morgan fingerprint density at radius 1 is 1.15 bits per heavy atom. The number of thiophene rings is 1. The molecule has 4 aliphatic rings. The average molecular weight is 561 g/mol. The molecule has 1 atom stereocenters. The van der Waals surface area contributed by atoms with Gasteiger partial charge in [0.05, 0.1) is 16.6 Å². The Bertz CT molecular complexity index is 1590. The summed E-state index contributed by atoms with van der Waals surface area (Å²) in [7, 11) is 4.13. The minimum absolute atomic E-state index is 0.00117. The zero-order valence-corrected chi connectivity index (χ0v) is 24.3. The highest BCUT2D eigenvalue weighted by molar-refractivity contribution is 7.19. The molecule has 210 valence electrons. The number of anilines is 2. The number of likely N-dealkylation sites (tertiary alicyclic amines) is 1. The van der Waals surface area contributed by atoms with Gasteiger partial charge in [0.15, 0.2) is 5.78 Å². The van der Waals surface area contributed by atoms with Crippen LogP contribution in [0.2, 0.25) is 0 Å². The Kier molecular flexibility index (Phi) is 6.12. The molecule has 2 aliphatic heterocycles. The minimum atomic E-state index is -0.392. The normalized spacial score (nSPS) is 22.1. The number of aromatic nitrogens is 3. The molecule has 40 heavy (non-hydrogen) atoms. The lowest BCUT2D eigenvalue weighted by Crippen LogP contribution is -2.60. The molecule has 0 aromatic carbocycles. The van der Waals surface area contributed by atoms with Gasteiger partial charge in [-0.15, -0.1) is 11.3 Å². The number of ketones is 1. The van der Waals surface area contributed by atoms with E-state index in [0.29, 0.717) is 29.7 Å². The van der Waals surface area contributed by atoms with E-state index in [4.69, 9.17) is 0 Å². The molecule has 7 rings (SSSR count). The maximum Gasteiger partial charge on any atom is 0.275 e. The van der Waals surface area contributed by atoms with Crippen LogP contribution in [0.3, 0.4) is 0 Å². The molecule has 1 amide bonds. The Hall–Kier alpha value is -3.11. The molecule has 9 nitrogen and oxygen atoms in total. The summed E-state index contributed by atoms with van der Waals surface area (Å²) in [4.78, 5) is 55.6. The zero-order chi connectivity index (χ0) is 27.8. The van der Waals surface area contributed by atoms with Crippen LogP contribution in [0.25, 0.3) is 10.2 Å². The van der Waals surface area contributed by atoms with Crippen molar-refractivity contribution in [3.8, 4) is 0 Å². The largest absolute Gasteiger partial charge is 0.339 e. The van der Waals surface area contributed by atoms with Gasteiger partial charge in [0.1, 0.15) is 22.7 Å². The van der Waals surface area contributed by atoms with Crippen molar-refractivity contribution in [3.05, 3.63) is 44.4 Å². The van der Waals surface area contributed by atoms with E-state index in [9.17, 15) is 14.4 Å². The molecule has 2 fully saturated rings. The number of nitrogens with one attached hydrogen (secondary N) is 1. The molecule has 1 saturated heterocycles. The zero-order valence-electron chi connectivity index (χ0n) is 23.5. The first-order valence-electron chi connectivity index (χ1n) is 14.5. The highest BCUT2D eigenvalue weighted by Crippen LogP contribution is 2.44. The van der Waals surface area contributed by atoms with Crippen LogP contribution in [0, 0.1) is 12.8 Å². The van der Waals surface area contributed by atoms with Gasteiger partial charge >= 0.3 is 0 Å². The Balaban J connectivity index is 1.20. The van der Waals surface area contributed by atoms with Crippen molar-refractivity contribution in [2.45, 2.75) is 76.3 Å². The fourth-order valence-corrected chi connectivity index (χ4v) is 8.73. The van der Waals surface area contributed by atoms with Crippen molar-refractivity contribution in [2.24, 2.45) is 5.92 Å². The van der Waals surface area contributed by atoms with Gasteiger partial charge in [0.25, 0.3) is 5.56 Å². The summed E-state index contributed by atoms with van der Waals surface area (Å²) >= 11 is 1.64.